The fraction of sp³-hybridized carbons (Fsp3) is 1.00. The van der Waals surface area contributed by atoms with E-state index >= 15 is 0 Å². The molecule has 2 heteroatoms. The van der Waals surface area contributed by atoms with E-state index in [4.69, 9.17) is 5.73 Å². The van der Waals surface area contributed by atoms with Crippen LogP contribution in [0.15, 0.2) is 0 Å². The molecule has 21 heavy (non-hydrogen) atoms. The predicted molar refractivity (Wildman–Crippen MR) is 90.3 cm³/mol. The molecule has 3 aliphatic rings. The molecule has 0 aromatic heterocycles. The number of fused-ring (bicyclic) bond motifs is 1. The normalized spacial score (nSPS) is 44.3. The molecule has 1 aliphatic heterocycles. The second kappa shape index (κ2) is 5.85. The molecule has 0 aromatic carbocycles. The van der Waals surface area contributed by atoms with E-state index in [-0.39, 0.29) is 0 Å². The van der Waals surface area contributed by atoms with Crippen molar-refractivity contribution in [3.05, 3.63) is 0 Å². The highest BCUT2D eigenvalue weighted by atomic mass is 15.3. The van der Waals surface area contributed by atoms with Crippen LogP contribution in [0.25, 0.3) is 0 Å². The molecule has 1 saturated heterocycles. The van der Waals surface area contributed by atoms with Crippen LogP contribution in [0, 0.1) is 17.3 Å². The van der Waals surface area contributed by atoms with Gasteiger partial charge in [-0.25, -0.2) is 0 Å². The molecular weight excluding hydrogens is 256 g/mol. The predicted octanol–water partition coefficient (Wildman–Crippen LogP) is 4.18. The summed E-state index contributed by atoms with van der Waals surface area (Å²) in [5, 5.41) is 0. The molecule has 0 bridgehead atoms. The smallest absolute Gasteiger partial charge is 0.0360 e. The molecule has 4 unspecified atom stereocenters. The Morgan fingerprint density at radius 3 is 2.48 bits per heavy atom. The maximum absolute atomic E-state index is 6.43. The zero-order valence-corrected chi connectivity index (χ0v) is 14.5. The Balaban J connectivity index is 1.84. The van der Waals surface area contributed by atoms with Crippen molar-refractivity contribution in [3.8, 4) is 0 Å². The number of likely N-dealkylation sites (tertiary alicyclic amines) is 1. The lowest BCUT2D eigenvalue weighted by molar-refractivity contribution is -0.0852. The molecule has 3 rings (SSSR count). The fourth-order valence-electron chi connectivity index (χ4n) is 5.95. The number of hydrogen-bond donors (Lipinski definition) is 1. The lowest BCUT2D eigenvalue weighted by Crippen LogP contribution is -2.66. The van der Waals surface area contributed by atoms with Gasteiger partial charge in [-0.05, 0) is 68.7 Å². The topological polar surface area (TPSA) is 29.3 Å². The molecule has 0 amide bonds. The number of nitrogens with two attached hydrogens (primary N) is 1. The summed E-state index contributed by atoms with van der Waals surface area (Å²) in [4.78, 5) is 2.93. The van der Waals surface area contributed by atoms with Crippen LogP contribution in [-0.4, -0.2) is 29.6 Å². The highest BCUT2D eigenvalue weighted by Crippen LogP contribution is 2.49. The minimum Gasteiger partial charge on any atom is -0.329 e. The quantitative estimate of drug-likeness (QED) is 0.827. The van der Waals surface area contributed by atoms with E-state index in [0.717, 1.165) is 24.4 Å². The molecule has 4 atom stereocenters. The van der Waals surface area contributed by atoms with Crippen molar-refractivity contribution in [2.45, 2.75) is 90.1 Å². The van der Waals surface area contributed by atoms with E-state index in [9.17, 15) is 0 Å². The Morgan fingerprint density at radius 2 is 1.76 bits per heavy atom. The van der Waals surface area contributed by atoms with E-state index in [1.807, 2.05) is 0 Å². The van der Waals surface area contributed by atoms with Crippen LogP contribution in [-0.2, 0) is 0 Å². The lowest BCUT2D eigenvalue weighted by atomic mass is 9.61. The van der Waals surface area contributed by atoms with Gasteiger partial charge in [0.05, 0.1) is 0 Å². The van der Waals surface area contributed by atoms with Gasteiger partial charge in [-0.2, -0.15) is 0 Å². The Kier molecular flexibility index (Phi) is 4.40. The van der Waals surface area contributed by atoms with Crippen LogP contribution < -0.4 is 5.73 Å². The largest absolute Gasteiger partial charge is 0.329 e. The van der Waals surface area contributed by atoms with Crippen LogP contribution in [0.2, 0.25) is 0 Å². The SMILES string of the molecule is CC1CC(C)(C)CCC1(CN)N1CCCC2CCCCC21. The summed E-state index contributed by atoms with van der Waals surface area (Å²) in [7, 11) is 0. The van der Waals surface area contributed by atoms with Crippen LogP contribution >= 0.6 is 0 Å². The van der Waals surface area contributed by atoms with Gasteiger partial charge in [-0.1, -0.05) is 33.6 Å². The molecule has 2 saturated carbocycles. The summed E-state index contributed by atoms with van der Waals surface area (Å²) in [6.45, 7) is 9.56. The summed E-state index contributed by atoms with van der Waals surface area (Å²) in [5.41, 5.74) is 7.24. The highest BCUT2D eigenvalue weighted by Gasteiger charge is 2.50. The molecule has 1 heterocycles. The van der Waals surface area contributed by atoms with E-state index in [1.54, 1.807) is 0 Å². The third-order valence-corrected chi connectivity index (χ3v) is 7.18. The lowest BCUT2D eigenvalue weighted by Gasteiger charge is -2.59. The Labute approximate surface area is 131 Å². The third kappa shape index (κ3) is 2.79. The molecule has 3 fully saturated rings. The minimum atomic E-state index is 0.302. The van der Waals surface area contributed by atoms with E-state index < -0.39 is 0 Å². The molecule has 122 valence electrons. The average molecular weight is 293 g/mol. The van der Waals surface area contributed by atoms with Gasteiger partial charge in [-0.3, -0.25) is 4.90 Å². The molecule has 0 spiro atoms. The maximum Gasteiger partial charge on any atom is 0.0360 e. The van der Waals surface area contributed by atoms with Gasteiger partial charge in [0, 0.05) is 18.1 Å². The summed E-state index contributed by atoms with van der Waals surface area (Å²) < 4.78 is 0. The van der Waals surface area contributed by atoms with Crippen molar-refractivity contribution in [2.75, 3.05) is 13.1 Å². The first-order valence-corrected chi connectivity index (χ1v) is 9.45. The van der Waals surface area contributed by atoms with Crippen molar-refractivity contribution in [2.24, 2.45) is 23.0 Å². The van der Waals surface area contributed by atoms with Gasteiger partial charge in [0.25, 0.3) is 0 Å². The molecule has 0 radical (unpaired) electrons. The molecule has 2 N–H and O–H groups in total. The molecular formula is C19H36N2. The molecule has 2 aliphatic carbocycles. The fourth-order valence-corrected chi connectivity index (χ4v) is 5.95. The average Bonchev–Trinajstić information content (AvgIpc) is 2.47. The first-order chi connectivity index (χ1) is 9.98. The number of piperidine rings is 1. The highest BCUT2D eigenvalue weighted by molar-refractivity contribution is 5.06. The van der Waals surface area contributed by atoms with Gasteiger partial charge in [0.15, 0.2) is 0 Å². The Bertz CT molecular complexity index is 363. The standard InChI is InChI=1S/C19H36N2/c1-15-13-18(2,3)10-11-19(15,14-20)21-12-6-8-16-7-4-5-9-17(16)21/h15-17H,4-14,20H2,1-3H3. The second-order valence-electron chi connectivity index (χ2n) is 9.02. The first kappa shape index (κ1) is 15.8. The van der Waals surface area contributed by atoms with Crippen molar-refractivity contribution in [1.82, 2.24) is 4.90 Å². The summed E-state index contributed by atoms with van der Waals surface area (Å²) >= 11 is 0. The van der Waals surface area contributed by atoms with Crippen LogP contribution in [0.3, 0.4) is 0 Å². The molecule has 0 aromatic rings. The maximum atomic E-state index is 6.43. The van der Waals surface area contributed by atoms with Crippen LogP contribution in [0.5, 0.6) is 0 Å². The Morgan fingerprint density at radius 1 is 1.05 bits per heavy atom. The first-order valence-electron chi connectivity index (χ1n) is 9.45. The van der Waals surface area contributed by atoms with Crippen LogP contribution in [0.1, 0.15) is 78.6 Å². The zero-order valence-electron chi connectivity index (χ0n) is 14.5. The zero-order chi connectivity index (χ0) is 15.1. The van der Waals surface area contributed by atoms with Gasteiger partial charge in [-0.15, -0.1) is 0 Å². The van der Waals surface area contributed by atoms with Gasteiger partial charge >= 0.3 is 0 Å². The second-order valence-corrected chi connectivity index (χ2v) is 9.02. The van der Waals surface area contributed by atoms with Crippen molar-refractivity contribution in [1.29, 1.82) is 0 Å². The third-order valence-electron chi connectivity index (χ3n) is 7.18. The van der Waals surface area contributed by atoms with Gasteiger partial charge < -0.3 is 5.73 Å². The van der Waals surface area contributed by atoms with Gasteiger partial charge in [0.2, 0.25) is 0 Å². The summed E-state index contributed by atoms with van der Waals surface area (Å²) in [6.07, 6.45) is 12.7. The van der Waals surface area contributed by atoms with E-state index in [2.05, 4.69) is 25.7 Å². The van der Waals surface area contributed by atoms with Crippen molar-refractivity contribution in [3.63, 3.8) is 0 Å². The van der Waals surface area contributed by atoms with Crippen molar-refractivity contribution >= 4 is 0 Å². The Hall–Kier alpha value is -0.0800. The molecule has 2 nitrogen and oxygen atoms in total. The number of hydrogen-bond acceptors (Lipinski definition) is 2. The monoisotopic (exact) mass is 292 g/mol. The number of rotatable bonds is 2. The van der Waals surface area contributed by atoms with E-state index in [0.29, 0.717) is 11.0 Å². The van der Waals surface area contributed by atoms with E-state index in [1.165, 1.54) is 64.3 Å². The number of nitrogens with zero attached hydrogens (tertiary/aromatic N) is 1. The van der Waals surface area contributed by atoms with Crippen LogP contribution in [0.4, 0.5) is 0 Å². The van der Waals surface area contributed by atoms with Gasteiger partial charge in [0.1, 0.15) is 0 Å². The summed E-state index contributed by atoms with van der Waals surface area (Å²) in [5.74, 6) is 1.71. The summed E-state index contributed by atoms with van der Waals surface area (Å²) in [6, 6.07) is 0.847. The van der Waals surface area contributed by atoms with Crippen molar-refractivity contribution < 1.29 is 0 Å². The minimum absolute atomic E-state index is 0.302.